The number of likely N-dealkylation sites (tertiary alicyclic amines) is 2. The Hall–Kier alpha value is -2.29. The summed E-state index contributed by atoms with van der Waals surface area (Å²) in [5.74, 6) is -0.184. The number of aliphatic hydroxyl groups excluding tert-OH is 1. The minimum absolute atomic E-state index is 0.0613. The van der Waals surface area contributed by atoms with Crippen molar-refractivity contribution < 1.29 is 24.2 Å². The third kappa shape index (κ3) is 4.17. The molecule has 5 aliphatic rings. The van der Waals surface area contributed by atoms with Crippen LogP contribution in [0.2, 0.25) is 0 Å². The molecule has 2 amide bonds. The number of benzene rings is 1. The summed E-state index contributed by atoms with van der Waals surface area (Å²) in [6.45, 7) is 2.29. The van der Waals surface area contributed by atoms with Crippen molar-refractivity contribution in [3.8, 4) is 0 Å². The van der Waals surface area contributed by atoms with E-state index in [2.05, 4.69) is 22.3 Å². The molecule has 194 valence electrons. The highest BCUT2D eigenvalue weighted by molar-refractivity contribution is 6.01. The Balaban J connectivity index is 1.12. The van der Waals surface area contributed by atoms with Gasteiger partial charge in [-0.2, -0.15) is 0 Å². The second kappa shape index (κ2) is 9.54. The van der Waals surface area contributed by atoms with Gasteiger partial charge in [-0.05, 0) is 75.2 Å². The van der Waals surface area contributed by atoms with Gasteiger partial charge in [0.2, 0.25) is 5.91 Å². The van der Waals surface area contributed by atoms with Crippen LogP contribution in [0.4, 0.5) is 0 Å². The Morgan fingerprint density at radius 2 is 1.69 bits per heavy atom. The predicted octanol–water partition coefficient (Wildman–Crippen LogP) is 2.00. The highest BCUT2D eigenvalue weighted by atomic mass is 16.5. The van der Waals surface area contributed by atoms with E-state index < -0.39 is 23.8 Å². The van der Waals surface area contributed by atoms with Crippen LogP contribution in [0.5, 0.6) is 0 Å². The van der Waals surface area contributed by atoms with E-state index in [1.165, 1.54) is 29.7 Å². The number of nitrogens with zero attached hydrogens (tertiary/aromatic N) is 2. The SMILES string of the molecule is O=C(NC1(C(=O)N2C[C@@H](O)[C@H]3OCC(=O)[C@H]32)CCCC1)c1ccc(C2CCN(C3CCC3)CC2)cc1. The summed E-state index contributed by atoms with van der Waals surface area (Å²) in [5, 5.41) is 13.4. The van der Waals surface area contributed by atoms with Gasteiger partial charge < -0.3 is 25.0 Å². The average Bonchev–Trinajstić information content (AvgIpc) is 3.57. The lowest BCUT2D eigenvalue weighted by molar-refractivity contribution is -0.142. The smallest absolute Gasteiger partial charge is 0.252 e. The van der Waals surface area contributed by atoms with Gasteiger partial charge in [0.05, 0.1) is 6.54 Å². The normalized spacial score (nSPS) is 30.9. The summed E-state index contributed by atoms with van der Waals surface area (Å²) in [7, 11) is 0. The second-order valence-electron chi connectivity index (χ2n) is 11.5. The van der Waals surface area contributed by atoms with Crippen molar-refractivity contribution in [2.45, 2.75) is 93.5 Å². The van der Waals surface area contributed by atoms with Crippen LogP contribution in [-0.2, 0) is 14.3 Å². The number of rotatable bonds is 5. The number of amides is 2. The summed E-state index contributed by atoms with van der Waals surface area (Å²) in [5.41, 5.74) is 0.786. The van der Waals surface area contributed by atoms with Crippen molar-refractivity contribution in [2.24, 2.45) is 0 Å². The highest BCUT2D eigenvalue weighted by Gasteiger charge is 2.56. The first-order valence-corrected chi connectivity index (χ1v) is 13.8. The van der Waals surface area contributed by atoms with Gasteiger partial charge in [-0.3, -0.25) is 14.4 Å². The van der Waals surface area contributed by atoms with Crippen molar-refractivity contribution in [1.82, 2.24) is 15.1 Å². The van der Waals surface area contributed by atoms with Gasteiger partial charge in [0, 0.05) is 11.6 Å². The average molecular weight is 496 g/mol. The van der Waals surface area contributed by atoms with Gasteiger partial charge in [-0.15, -0.1) is 0 Å². The molecule has 3 atom stereocenters. The van der Waals surface area contributed by atoms with Crippen LogP contribution in [0.25, 0.3) is 0 Å². The zero-order chi connectivity index (χ0) is 24.9. The summed E-state index contributed by atoms with van der Waals surface area (Å²) >= 11 is 0. The lowest BCUT2D eigenvalue weighted by atomic mass is 9.85. The van der Waals surface area contributed by atoms with Crippen LogP contribution < -0.4 is 5.32 Å². The number of fused-ring (bicyclic) bond motifs is 1. The lowest BCUT2D eigenvalue weighted by Gasteiger charge is -2.42. The molecule has 1 aromatic carbocycles. The molecule has 6 rings (SSSR count). The zero-order valence-corrected chi connectivity index (χ0v) is 20.9. The summed E-state index contributed by atoms with van der Waals surface area (Å²) in [6.07, 6.45) is 7.58. The maximum absolute atomic E-state index is 13.7. The fourth-order valence-electron chi connectivity index (χ4n) is 7.03. The van der Waals surface area contributed by atoms with E-state index in [4.69, 9.17) is 4.74 Å². The van der Waals surface area contributed by atoms with Gasteiger partial charge in [0.25, 0.3) is 5.91 Å². The Morgan fingerprint density at radius 1 is 1.00 bits per heavy atom. The highest BCUT2D eigenvalue weighted by Crippen LogP contribution is 2.37. The molecule has 5 fully saturated rings. The first kappa shape index (κ1) is 24.1. The molecule has 3 aliphatic heterocycles. The first-order valence-electron chi connectivity index (χ1n) is 13.8. The van der Waals surface area contributed by atoms with Crippen molar-refractivity contribution in [3.05, 3.63) is 35.4 Å². The van der Waals surface area contributed by atoms with Crippen LogP contribution in [0.1, 0.15) is 79.6 Å². The molecule has 36 heavy (non-hydrogen) atoms. The Bertz CT molecular complexity index is 1010. The quantitative estimate of drug-likeness (QED) is 0.648. The summed E-state index contributed by atoms with van der Waals surface area (Å²) in [6, 6.07) is 7.93. The predicted molar refractivity (Wildman–Crippen MR) is 133 cm³/mol. The number of hydrogen-bond acceptors (Lipinski definition) is 6. The molecule has 0 bridgehead atoms. The molecule has 0 spiro atoms. The van der Waals surface area contributed by atoms with Gasteiger partial charge >= 0.3 is 0 Å². The van der Waals surface area contributed by atoms with Crippen molar-refractivity contribution >= 4 is 17.6 Å². The van der Waals surface area contributed by atoms with E-state index in [1.807, 2.05) is 12.1 Å². The molecule has 3 heterocycles. The molecule has 2 N–H and O–H groups in total. The molecule has 0 unspecified atom stereocenters. The maximum Gasteiger partial charge on any atom is 0.252 e. The molecule has 0 radical (unpaired) electrons. The number of piperidine rings is 1. The Morgan fingerprint density at radius 3 is 2.33 bits per heavy atom. The fraction of sp³-hybridized carbons (Fsp3) is 0.679. The maximum atomic E-state index is 13.7. The summed E-state index contributed by atoms with van der Waals surface area (Å²) in [4.78, 5) is 43.5. The van der Waals surface area contributed by atoms with E-state index in [-0.39, 0.29) is 30.7 Å². The monoisotopic (exact) mass is 495 g/mol. The number of hydrogen-bond donors (Lipinski definition) is 2. The Labute approximate surface area is 212 Å². The second-order valence-corrected chi connectivity index (χ2v) is 11.5. The number of ketones is 1. The number of nitrogens with one attached hydrogen (secondary N) is 1. The van der Waals surface area contributed by atoms with Crippen molar-refractivity contribution in [2.75, 3.05) is 26.2 Å². The van der Waals surface area contributed by atoms with Crippen LogP contribution in [0.3, 0.4) is 0 Å². The van der Waals surface area contributed by atoms with Crippen LogP contribution in [0, 0.1) is 0 Å². The third-order valence-electron chi connectivity index (χ3n) is 9.40. The van der Waals surface area contributed by atoms with Crippen LogP contribution in [0.15, 0.2) is 24.3 Å². The topological polar surface area (TPSA) is 99.2 Å². The van der Waals surface area contributed by atoms with Crippen LogP contribution >= 0.6 is 0 Å². The molecule has 0 aromatic heterocycles. The number of aliphatic hydroxyl groups is 1. The minimum atomic E-state index is -1.04. The molecular formula is C28H37N3O5. The largest absolute Gasteiger partial charge is 0.388 e. The zero-order valence-electron chi connectivity index (χ0n) is 20.9. The van der Waals surface area contributed by atoms with E-state index in [1.54, 1.807) is 0 Å². The lowest BCUT2D eigenvalue weighted by Crippen LogP contribution is -2.60. The molecular weight excluding hydrogens is 458 g/mol. The van der Waals surface area contributed by atoms with Crippen LogP contribution in [-0.4, -0.2) is 88.6 Å². The molecule has 3 saturated heterocycles. The van der Waals surface area contributed by atoms with E-state index in [9.17, 15) is 19.5 Å². The number of Topliss-reactive ketones (excluding diaryl/α,β-unsaturated/α-hetero) is 1. The van der Waals surface area contributed by atoms with Crippen molar-refractivity contribution in [3.63, 3.8) is 0 Å². The van der Waals surface area contributed by atoms with E-state index in [0.717, 1.165) is 44.8 Å². The van der Waals surface area contributed by atoms with Gasteiger partial charge in [0.15, 0.2) is 5.78 Å². The molecule has 2 saturated carbocycles. The van der Waals surface area contributed by atoms with E-state index >= 15 is 0 Å². The number of carbonyl (C=O) groups is 3. The van der Waals surface area contributed by atoms with Gasteiger partial charge in [0.1, 0.15) is 30.4 Å². The molecule has 1 aromatic rings. The fourth-order valence-corrected chi connectivity index (χ4v) is 7.03. The first-order chi connectivity index (χ1) is 17.4. The molecule has 8 nitrogen and oxygen atoms in total. The third-order valence-corrected chi connectivity index (χ3v) is 9.40. The van der Waals surface area contributed by atoms with Gasteiger partial charge in [-0.25, -0.2) is 0 Å². The summed E-state index contributed by atoms with van der Waals surface area (Å²) < 4.78 is 5.43. The molecule has 2 aliphatic carbocycles. The van der Waals surface area contributed by atoms with E-state index in [0.29, 0.717) is 24.3 Å². The van der Waals surface area contributed by atoms with Crippen molar-refractivity contribution in [1.29, 1.82) is 0 Å². The molecule has 8 heteroatoms. The number of carbonyl (C=O) groups excluding carboxylic acids is 3. The number of ether oxygens (including phenoxy) is 1. The standard InChI is InChI=1S/C28H37N3O5/c32-22-16-31(24-23(33)17-36-25(22)24)27(35)28(12-1-2-13-28)29-26(34)20-8-6-18(7-9-20)19-10-14-30(15-11-19)21-4-3-5-21/h6-9,19,21-22,24-25,32H,1-5,10-17H2,(H,29,34)/t22-,24-,25-/m1/s1. The Kier molecular flexibility index (Phi) is 6.38. The van der Waals surface area contributed by atoms with Gasteiger partial charge in [-0.1, -0.05) is 31.4 Å². The minimum Gasteiger partial charge on any atom is -0.388 e. The number of β-amino-alcohol motifs (C(OH)–C–C–N with tert-alkyl or cyclic N) is 1.